The summed E-state index contributed by atoms with van der Waals surface area (Å²) in [7, 11) is -4.12. The predicted octanol–water partition coefficient (Wildman–Crippen LogP) is -1.00. The number of hydrogen-bond acceptors (Lipinski definition) is 8. The van der Waals surface area contributed by atoms with E-state index in [1.165, 1.54) is 0 Å². The molecule has 0 aromatic rings. The van der Waals surface area contributed by atoms with Crippen molar-refractivity contribution < 1.29 is 37.8 Å². The minimum atomic E-state index is -4.12. The summed E-state index contributed by atoms with van der Waals surface area (Å²) in [6, 6.07) is 0. The van der Waals surface area contributed by atoms with Crippen molar-refractivity contribution in [3.05, 3.63) is 0 Å². The molecule has 4 atom stereocenters. The smallest absolute Gasteiger partial charge is 0.336 e. The van der Waals surface area contributed by atoms with Gasteiger partial charge < -0.3 is 25.2 Å². The summed E-state index contributed by atoms with van der Waals surface area (Å²) in [4.78, 5) is 0. The highest BCUT2D eigenvalue weighted by atomic mass is 32.2. The summed E-state index contributed by atoms with van der Waals surface area (Å²) in [5, 5.41) is 38.5. The van der Waals surface area contributed by atoms with Crippen molar-refractivity contribution in [1.29, 1.82) is 0 Å². The molecule has 0 radical (unpaired) electrons. The van der Waals surface area contributed by atoms with Gasteiger partial charge >= 0.3 is 10.3 Å². The maximum Gasteiger partial charge on any atom is 0.336 e. The number of aliphatic hydroxyl groups is 4. The number of nitrogens with one attached hydrogen (secondary N) is 1. The molecule has 0 saturated carbocycles. The van der Waals surface area contributed by atoms with Gasteiger partial charge in [-0.2, -0.15) is 13.1 Å². The van der Waals surface area contributed by atoms with Crippen LogP contribution < -0.4 is 4.72 Å². The fraction of sp³-hybridized carbons (Fsp3) is 1.00. The van der Waals surface area contributed by atoms with Crippen LogP contribution >= 0.6 is 0 Å². The van der Waals surface area contributed by atoms with Gasteiger partial charge in [-0.25, -0.2) is 0 Å². The van der Waals surface area contributed by atoms with Gasteiger partial charge in [0.15, 0.2) is 0 Å². The van der Waals surface area contributed by atoms with Crippen LogP contribution in [-0.2, 0) is 19.2 Å². The van der Waals surface area contributed by atoms with E-state index in [0.29, 0.717) is 6.42 Å². The molecular weight excluding hydrogens is 342 g/mol. The molecule has 144 valence electrons. The normalized spacial score (nSPS) is 31.3. The first-order valence-corrected chi connectivity index (χ1v) is 9.67. The number of hydrogen-bond donors (Lipinski definition) is 5. The third kappa shape index (κ3) is 6.89. The summed E-state index contributed by atoms with van der Waals surface area (Å²) >= 11 is 0. The second kappa shape index (κ2) is 9.97. The lowest BCUT2D eigenvalue weighted by Gasteiger charge is -2.40. The van der Waals surface area contributed by atoms with E-state index >= 15 is 0 Å². The SMILES string of the molecule is CCCCCCCCNS(=O)(=O)OC[C@@]1(O)OC[C@@H](O)[C@@H](O)[C@@H]1O. The first-order valence-electron chi connectivity index (χ1n) is 8.26. The molecule has 0 aromatic heterocycles. The zero-order valence-electron chi connectivity index (χ0n) is 13.9. The minimum Gasteiger partial charge on any atom is -0.388 e. The first kappa shape index (κ1) is 21.7. The Balaban J connectivity index is 2.31. The van der Waals surface area contributed by atoms with Crippen LogP contribution in [0.15, 0.2) is 0 Å². The summed E-state index contributed by atoms with van der Waals surface area (Å²) in [6.45, 7) is 0.969. The monoisotopic (exact) mass is 371 g/mol. The van der Waals surface area contributed by atoms with Gasteiger partial charge in [0.2, 0.25) is 5.79 Å². The highest BCUT2D eigenvalue weighted by molar-refractivity contribution is 7.84. The minimum absolute atomic E-state index is 0.206. The average Bonchev–Trinajstić information content (AvgIpc) is 2.54. The van der Waals surface area contributed by atoms with E-state index < -0.39 is 47.6 Å². The van der Waals surface area contributed by atoms with E-state index in [-0.39, 0.29) is 6.54 Å². The zero-order chi connectivity index (χ0) is 18.2. The van der Waals surface area contributed by atoms with Crippen LogP contribution in [0.1, 0.15) is 45.4 Å². The quantitative estimate of drug-likeness (QED) is 0.291. The molecule has 1 rings (SSSR count). The molecule has 0 aromatic carbocycles. The lowest BCUT2D eigenvalue weighted by molar-refractivity contribution is -0.328. The van der Waals surface area contributed by atoms with Crippen molar-refractivity contribution in [1.82, 2.24) is 4.72 Å². The van der Waals surface area contributed by atoms with Crippen LogP contribution in [0.5, 0.6) is 0 Å². The molecule has 9 nitrogen and oxygen atoms in total. The van der Waals surface area contributed by atoms with E-state index in [9.17, 15) is 28.8 Å². The largest absolute Gasteiger partial charge is 0.388 e. The third-order valence-electron chi connectivity index (χ3n) is 3.91. The van der Waals surface area contributed by atoms with Crippen molar-refractivity contribution in [2.75, 3.05) is 19.8 Å². The van der Waals surface area contributed by atoms with Crippen LogP contribution in [0.4, 0.5) is 0 Å². The molecule has 0 spiro atoms. The molecule has 10 heteroatoms. The Morgan fingerprint density at radius 2 is 1.79 bits per heavy atom. The molecule has 1 aliphatic rings. The van der Waals surface area contributed by atoms with E-state index in [4.69, 9.17) is 4.74 Å². The molecule has 1 fully saturated rings. The Bertz CT molecular complexity index is 460. The lowest BCUT2D eigenvalue weighted by atomic mass is 9.98. The molecule has 0 aliphatic carbocycles. The fourth-order valence-corrected chi connectivity index (χ4v) is 3.13. The number of aliphatic hydroxyl groups excluding tert-OH is 3. The van der Waals surface area contributed by atoms with E-state index in [2.05, 4.69) is 15.8 Å². The summed E-state index contributed by atoms with van der Waals surface area (Å²) in [5.74, 6) is -2.41. The van der Waals surface area contributed by atoms with E-state index in [1.54, 1.807) is 0 Å². The Morgan fingerprint density at radius 1 is 1.17 bits per heavy atom. The number of ether oxygens (including phenoxy) is 1. The van der Waals surface area contributed by atoms with Crippen LogP contribution in [0.2, 0.25) is 0 Å². The highest BCUT2D eigenvalue weighted by Gasteiger charge is 2.49. The van der Waals surface area contributed by atoms with Crippen LogP contribution in [0.25, 0.3) is 0 Å². The fourth-order valence-electron chi connectivity index (χ4n) is 2.32. The number of rotatable bonds is 11. The second-order valence-corrected chi connectivity index (χ2v) is 7.47. The van der Waals surface area contributed by atoms with Crippen LogP contribution in [-0.4, -0.2) is 72.7 Å². The van der Waals surface area contributed by atoms with Gasteiger partial charge in [-0.15, -0.1) is 0 Å². The molecule has 24 heavy (non-hydrogen) atoms. The van der Waals surface area contributed by atoms with Gasteiger partial charge in [-0.1, -0.05) is 39.0 Å². The summed E-state index contributed by atoms with van der Waals surface area (Å²) in [6.07, 6.45) is 1.11. The predicted molar refractivity (Wildman–Crippen MR) is 85.2 cm³/mol. The zero-order valence-corrected chi connectivity index (χ0v) is 14.7. The topological polar surface area (TPSA) is 146 Å². The number of unbranched alkanes of at least 4 members (excludes halogenated alkanes) is 5. The van der Waals surface area contributed by atoms with Crippen molar-refractivity contribution in [3.8, 4) is 0 Å². The second-order valence-electron chi connectivity index (χ2n) is 6.04. The summed E-state index contributed by atoms with van der Waals surface area (Å²) < 4.78 is 35.1. The highest BCUT2D eigenvalue weighted by Crippen LogP contribution is 2.24. The van der Waals surface area contributed by atoms with Gasteiger partial charge in [0.25, 0.3) is 0 Å². The van der Waals surface area contributed by atoms with Crippen molar-refractivity contribution in [2.24, 2.45) is 0 Å². The Kier molecular flexibility index (Phi) is 9.02. The van der Waals surface area contributed by atoms with Crippen molar-refractivity contribution in [3.63, 3.8) is 0 Å². The molecular formula is C14H29NO8S. The molecule has 0 unspecified atom stereocenters. The lowest BCUT2D eigenvalue weighted by Crippen LogP contribution is -2.63. The van der Waals surface area contributed by atoms with Crippen LogP contribution in [0.3, 0.4) is 0 Å². The van der Waals surface area contributed by atoms with Crippen LogP contribution in [0, 0.1) is 0 Å². The molecule has 0 bridgehead atoms. The Labute approximate surface area is 142 Å². The Morgan fingerprint density at radius 3 is 2.46 bits per heavy atom. The summed E-state index contributed by atoms with van der Waals surface area (Å²) in [5.41, 5.74) is 0. The van der Waals surface area contributed by atoms with E-state index in [1.807, 2.05) is 0 Å². The van der Waals surface area contributed by atoms with Crippen molar-refractivity contribution >= 4 is 10.3 Å². The van der Waals surface area contributed by atoms with Crippen molar-refractivity contribution in [2.45, 2.75) is 69.5 Å². The standard InChI is InChI=1S/C14H29NO8S/c1-2-3-4-5-6-7-8-15-24(20,21)23-10-14(19)13(18)12(17)11(16)9-22-14/h11-13,15-19H,2-10H2,1H3/t11-,12-,13+,14-/m1/s1. The average molecular weight is 371 g/mol. The van der Waals surface area contributed by atoms with E-state index in [0.717, 1.165) is 32.1 Å². The molecule has 1 aliphatic heterocycles. The molecule has 1 saturated heterocycles. The van der Waals surface area contributed by atoms with Gasteiger partial charge in [0.1, 0.15) is 24.9 Å². The maximum absolute atomic E-state index is 11.7. The third-order valence-corrected chi connectivity index (χ3v) is 4.90. The first-order chi connectivity index (χ1) is 11.2. The van der Waals surface area contributed by atoms with Gasteiger partial charge in [0.05, 0.1) is 6.61 Å². The Hall–Kier alpha value is -0.330. The van der Waals surface area contributed by atoms with Gasteiger partial charge in [-0.3, -0.25) is 4.18 Å². The molecule has 0 amide bonds. The molecule has 1 heterocycles. The van der Waals surface area contributed by atoms with Gasteiger partial charge in [0, 0.05) is 6.54 Å². The molecule has 5 N–H and O–H groups in total. The van der Waals surface area contributed by atoms with Gasteiger partial charge in [-0.05, 0) is 6.42 Å². The maximum atomic E-state index is 11.7.